The lowest BCUT2D eigenvalue weighted by molar-refractivity contribution is -0.182. The summed E-state index contributed by atoms with van der Waals surface area (Å²) in [5.41, 5.74) is -1.55. The molecule has 3 saturated carbocycles. The Hall–Kier alpha value is -6.28. The van der Waals surface area contributed by atoms with Crippen molar-refractivity contribution in [1.82, 2.24) is 60.0 Å². The predicted octanol–water partition coefficient (Wildman–Crippen LogP) is 6.24. The van der Waals surface area contributed by atoms with Gasteiger partial charge in [0.15, 0.2) is 0 Å². The van der Waals surface area contributed by atoms with Gasteiger partial charge in [-0.2, -0.15) is 13.2 Å². The Kier molecular flexibility index (Phi) is 29.0. The SMILES string of the molecule is CCC[C@H]1C(=O)N(C)[C@H](C(=O)N2CCCCC2)CC(=O)N(C)[C@@H](CC(C)C)C(=O)N[C@@H]([C@@H](C)CC)C(=O)N(C)[C@@H](C)C(=O)N2CC[C@H]2C(=O)N(C)[C@@H](CC2CCCCC2)C(=O)N(C)CC(=O)N[C@@H](CCC2CCC(C(F)(F)F)C(Cl)C2)C(=O)N2CCC[C@H]2C(=O)NC2(CCCC2)C(=O)N1C. The molecule has 7 fully saturated rings. The number of halogens is 4. The van der Waals surface area contributed by atoms with Gasteiger partial charge in [0.05, 0.1) is 18.9 Å². The van der Waals surface area contributed by atoms with Gasteiger partial charge in [0.1, 0.15) is 59.9 Å². The third-order valence-electron chi connectivity index (χ3n) is 23.3. The average Bonchev–Trinajstić information content (AvgIpc) is 1.75. The van der Waals surface area contributed by atoms with Crippen LogP contribution in [-0.2, 0) is 57.5 Å². The zero-order valence-electron chi connectivity index (χ0n) is 61.5. The van der Waals surface area contributed by atoms with Gasteiger partial charge in [-0.15, -0.1) is 11.6 Å². The van der Waals surface area contributed by atoms with Gasteiger partial charge in [0.25, 0.3) is 0 Å². The predicted molar refractivity (Wildman–Crippen MR) is 370 cm³/mol. The van der Waals surface area contributed by atoms with E-state index >= 15 is 24.0 Å². The van der Waals surface area contributed by atoms with Gasteiger partial charge >= 0.3 is 6.18 Å². The fraction of sp³-hybridized carbons (Fsp3) is 0.833. The quantitative estimate of drug-likeness (QED) is 0.184. The van der Waals surface area contributed by atoms with Crippen molar-refractivity contribution < 1.29 is 70.7 Å². The summed E-state index contributed by atoms with van der Waals surface area (Å²) in [6, 6.07) is -10.7. The molecule has 28 heteroatoms. The second kappa shape index (κ2) is 35.7. The maximum Gasteiger partial charge on any atom is 0.393 e. The normalized spacial score (nSPS) is 30.9. The number of carbonyl (C=O) groups excluding carboxylic acids is 12. The van der Waals surface area contributed by atoms with Gasteiger partial charge in [-0.25, -0.2) is 0 Å². The van der Waals surface area contributed by atoms with Crippen LogP contribution in [0.5, 0.6) is 0 Å². The zero-order valence-corrected chi connectivity index (χ0v) is 62.3. The summed E-state index contributed by atoms with van der Waals surface area (Å²) in [5, 5.41) is 7.62. The number of hydrogen-bond acceptors (Lipinski definition) is 12. The molecule has 13 atom stereocenters. The molecule has 564 valence electrons. The molecule has 7 aliphatic rings. The maximum absolute atomic E-state index is 15.4. The van der Waals surface area contributed by atoms with Crippen molar-refractivity contribution in [3.05, 3.63) is 0 Å². The molecule has 0 aromatic heterocycles. The molecule has 0 radical (unpaired) electrons. The van der Waals surface area contributed by atoms with E-state index in [1.54, 1.807) is 11.8 Å². The molecule has 100 heavy (non-hydrogen) atoms. The van der Waals surface area contributed by atoms with Crippen LogP contribution in [0, 0.1) is 29.6 Å². The standard InChI is InChI=1S/C72H116ClF3N12O12/c1-13-24-53-66(96)84(11)57(68(98)86-35-21-16-22-36-86)42-59(90)82(9)55(39-44(3)4)61(91)78-60(45(5)14-2)69(99)81(8)46(6)63(93)88-38-32-54(88)67(97)83(10)56(41-47-25-17-15-18-26-47)65(95)80(7)43-58(89)77-51(31-29-48-28-30-49(50(73)40-48)72(74,75)76)64(94)87-37-23-27-52(87)62(92)79-71(33-19-20-34-71)70(100)85(53)12/h44-57,60H,13-43H2,1-12H3,(H,77,89)(H,78,91)(H,79,92)/t45-,46-,48?,49?,50?,51-,52-,53-,54-,55-,56-,57-,60-/m0/s1. The van der Waals surface area contributed by atoms with Crippen molar-refractivity contribution >= 4 is 82.5 Å². The highest BCUT2D eigenvalue weighted by molar-refractivity contribution is 6.21. The van der Waals surface area contributed by atoms with Crippen molar-refractivity contribution in [2.75, 3.05) is 75.0 Å². The average molecular weight is 1430 g/mol. The number of nitrogens with one attached hydrogen (secondary N) is 3. The van der Waals surface area contributed by atoms with Gasteiger partial charge in [-0.05, 0) is 133 Å². The molecule has 0 bridgehead atoms. The number of hydrogen-bond donors (Lipinski definition) is 3. The van der Waals surface area contributed by atoms with Gasteiger partial charge in [0.2, 0.25) is 70.9 Å². The van der Waals surface area contributed by atoms with E-state index in [0.717, 1.165) is 38.5 Å². The fourth-order valence-corrected chi connectivity index (χ4v) is 16.9. The van der Waals surface area contributed by atoms with Crippen LogP contribution in [0.1, 0.15) is 208 Å². The van der Waals surface area contributed by atoms with Gasteiger partial charge in [-0.3, -0.25) is 57.5 Å². The largest absolute Gasteiger partial charge is 0.393 e. The molecule has 24 nitrogen and oxygen atoms in total. The highest BCUT2D eigenvalue weighted by atomic mass is 35.5. The van der Waals surface area contributed by atoms with Crippen LogP contribution in [0.4, 0.5) is 13.2 Å². The molecule has 4 saturated heterocycles. The van der Waals surface area contributed by atoms with Crippen molar-refractivity contribution in [3.8, 4) is 0 Å². The minimum atomic E-state index is -4.51. The number of piperidine rings is 1. The number of likely N-dealkylation sites (N-methyl/N-ethyl adjacent to an activating group) is 6. The molecule has 4 aliphatic heterocycles. The van der Waals surface area contributed by atoms with Crippen LogP contribution in [0.2, 0.25) is 0 Å². The van der Waals surface area contributed by atoms with Gasteiger partial charge < -0.3 is 60.0 Å². The Balaban J connectivity index is 1.27. The molecule has 3 aliphatic carbocycles. The first-order chi connectivity index (χ1) is 47.2. The molecule has 3 N–H and O–H groups in total. The van der Waals surface area contributed by atoms with Crippen LogP contribution in [-0.4, -0.2) is 261 Å². The lowest BCUT2D eigenvalue weighted by Crippen LogP contribution is -2.65. The molecule has 0 aromatic carbocycles. The van der Waals surface area contributed by atoms with Crippen LogP contribution in [0.3, 0.4) is 0 Å². The van der Waals surface area contributed by atoms with Crippen molar-refractivity contribution in [3.63, 3.8) is 0 Å². The lowest BCUT2D eigenvalue weighted by Gasteiger charge is -2.45. The number of carbonyl (C=O) groups is 12. The number of alkyl halides is 4. The van der Waals surface area contributed by atoms with Gasteiger partial charge in [0, 0.05) is 73.8 Å². The molecular formula is C72H116ClF3N12O12. The third kappa shape index (κ3) is 19.3. The van der Waals surface area contributed by atoms with E-state index in [4.69, 9.17) is 11.6 Å². The van der Waals surface area contributed by atoms with E-state index in [2.05, 4.69) is 16.0 Å². The number of amides is 12. The maximum atomic E-state index is 15.4. The Morgan fingerprint density at radius 3 is 1.82 bits per heavy atom. The highest BCUT2D eigenvalue weighted by Crippen LogP contribution is 2.44. The van der Waals surface area contributed by atoms with E-state index in [1.165, 1.54) is 88.4 Å². The first kappa shape index (κ1) is 81.0. The number of rotatable bonds is 12. The first-order valence-electron chi connectivity index (χ1n) is 37.3. The van der Waals surface area contributed by atoms with Gasteiger partial charge in [-0.1, -0.05) is 92.4 Å². The number of fused-ring (bicyclic) bond motifs is 2. The fourth-order valence-electron chi connectivity index (χ4n) is 16.4. The van der Waals surface area contributed by atoms with Crippen LogP contribution >= 0.6 is 11.6 Å². The third-order valence-corrected chi connectivity index (χ3v) is 23.8. The van der Waals surface area contributed by atoms with E-state index < -0.39 is 167 Å². The molecule has 7 rings (SSSR count). The monoisotopic (exact) mass is 1430 g/mol. The minimum Gasteiger partial charge on any atom is -0.343 e. The minimum absolute atomic E-state index is 0.00248. The lowest BCUT2D eigenvalue weighted by atomic mass is 9.78. The summed E-state index contributed by atoms with van der Waals surface area (Å²) in [7, 11) is 8.70. The van der Waals surface area contributed by atoms with Crippen molar-refractivity contribution in [2.24, 2.45) is 29.6 Å². The molecule has 1 spiro atoms. The van der Waals surface area contributed by atoms with E-state index in [1.807, 2.05) is 27.7 Å². The van der Waals surface area contributed by atoms with Crippen LogP contribution in [0.25, 0.3) is 0 Å². The van der Waals surface area contributed by atoms with E-state index in [-0.39, 0.29) is 108 Å². The summed E-state index contributed by atoms with van der Waals surface area (Å²) in [6.45, 7) is 11.1. The van der Waals surface area contributed by atoms with Crippen molar-refractivity contribution in [1.29, 1.82) is 0 Å². The second-order valence-electron chi connectivity index (χ2n) is 30.7. The Labute approximate surface area is 595 Å². The zero-order chi connectivity index (χ0) is 73.8. The molecular weight excluding hydrogens is 1320 g/mol. The number of nitrogens with zero attached hydrogens (tertiary/aromatic N) is 9. The summed E-state index contributed by atoms with van der Waals surface area (Å²) < 4.78 is 42.0. The second-order valence-corrected chi connectivity index (χ2v) is 31.2. The van der Waals surface area contributed by atoms with Crippen LogP contribution < -0.4 is 16.0 Å². The van der Waals surface area contributed by atoms with Crippen LogP contribution in [0.15, 0.2) is 0 Å². The summed E-state index contributed by atoms with van der Waals surface area (Å²) in [5.74, 6) is -10.0. The smallest absolute Gasteiger partial charge is 0.343 e. The molecule has 12 amide bonds. The Morgan fingerprint density at radius 1 is 0.590 bits per heavy atom. The Bertz CT molecular complexity index is 2930. The topological polar surface area (TPSA) is 270 Å². The summed E-state index contributed by atoms with van der Waals surface area (Å²) in [6.07, 6.45) is 5.17. The molecule has 0 aromatic rings. The summed E-state index contributed by atoms with van der Waals surface area (Å²) in [4.78, 5) is 192. The van der Waals surface area contributed by atoms with E-state index in [9.17, 15) is 46.7 Å². The number of likely N-dealkylation sites (tertiary alicyclic amines) is 1. The molecule has 3 unspecified atom stereocenters. The first-order valence-corrected chi connectivity index (χ1v) is 37.7. The summed E-state index contributed by atoms with van der Waals surface area (Å²) >= 11 is 6.41. The highest BCUT2D eigenvalue weighted by Gasteiger charge is 2.52. The Morgan fingerprint density at radius 2 is 1.23 bits per heavy atom. The van der Waals surface area contributed by atoms with E-state index in [0.29, 0.717) is 58.0 Å². The molecule has 4 heterocycles. The van der Waals surface area contributed by atoms with Crippen molar-refractivity contribution in [2.45, 2.75) is 280 Å².